The summed E-state index contributed by atoms with van der Waals surface area (Å²) in [6, 6.07) is 30.4. The van der Waals surface area contributed by atoms with Gasteiger partial charge in [0.2, 0.25) is 0 Å². The van der Waals surface area contributed by atoms with Gasteiger partial charge in [-0.3, -0.25) is 4.55 Å². The van der Waals surface area contributed by atoms with Gasteiger partial charge in [0.1, 0.15) is 16.2 Å². The Hall–Kier alpha value is -4.72. The molecule has 1 aliphatic carbocycles. The van der Waals surface area contributed by atoms with Gasteiger partial charge in [0, 0.05) is 45.6 Å². The molecule has 0 amide bonds. The Morgan fingerprint density at radius 3 is 2.14 bits per heavy atom. The van der Waals surface area contributed by atoms with E-state index < -0.39 is 10.1 Å². The van der Waals surface area contributed by atoms with Crippen molar-refractivity contribution >= 4 is 38.1 Å². The lowest BCUT2D eigenvalue weighted by Gasteiger charge is -2.18. The van der Waals surface area contributed by atoms with Crippen LogP contribution in [0.4, 0.5) is 17.1 Å². The monoisotopic (exact) mass is 602 g/mol. The lowest BCUT2D eigenvalue weighted by atomic mass is 9.93. The van der Waals surface area contributed by atoms with Gasteiger partial charge < -0.3 is 9.73 Å². The third-order valence-electron chi connectivity index (χ3n) is 8.10. The van der Waals surface area contributed by atoms with Gasteiger partial charge in [-0.1, -0.05) is 68.4 Å². The van der Waals surface area contributed by atoms with Crippen molar-refractivity contribution in [3.63, 3.8) is 0 Å². The van der Waals surface area contributed by atoms with Gasteiger partial charge in [-0.2, -0.15) is 8.42 Å². The number of hydrogen-bond donors (Lipinski definition) is 2. The first-order valence-corrected chi connectivity index (χ1v) is 16.2. The van der Waals surface area contributed by atoms with Crippen LogP contribution in [0.15, 0.2) is 111 Å². The summed E-state index contributed by atoms with van der Waals surface area (Å²) < 4.78 is 41.7. The molecule has 1 heterocycles. The molecule has 0 saturated heterocycles. The van der Waals surface area contributed by atoms with Crippen LogP contribution >= 0.6 is 0 Å². The van der Waals surface area contributed by atoms with Crippen molar-refractivity contribution in [1.29, 1.82) is 0 Å². The Kier molecular flexibility index (Phi) is 7.84. The number of nitrogens with one attached hydrogen (secondary N) is 1. The molecular weight excluding hydrogens is 568 g/mol. The van der Waals surface area contributed by atoms with E-state index in [4.69, 9.17) is 9.41 Å². The van der Waals surface area contributed by atoms with Gasteiger partial charge in [-0.05, 0) is 79.3 Å². The van der Waals surface area contributed by atoms with Crippen LogP contribution in [0.25, 0.3) is 33.4 Å². The topological polar surface area (TPSA) is 91.9 Å². The summed E-state index contributed by atoms with van der Waals surface area (Å²) in [5, 5.41) is 4.98. The number of para-hydroxylation sites is 2. The number of fused-ring (bicyclic) bond motifs is 2. The summed E-state index contributed by atoms with van der Waals surface area (Å²) in [6.07, 6.45) is 1.73. The fourth-order valence-electron chi connectivity index (χ4n) is 5.86. The maximum atomic E-state index is 12.5. The molecule has 44 heavy (non-hydrogen) atoms. The molecule has 222 valence electrons. The van der Waals surface area contributed by atoms with E-state index in [1.165, 1.54) is 17.2 Å². The highest BCUT2D eigenvalue weighted by Gasteiger charge is 2.23. The minimum absolute atomic E-state index is 0.162. The summed E-state index contributed by atoms with van der Waals surface area (Å²) in [4.78, 5) is 4.89. The largest absolute Gasteiger partial charge is 0.456 e. The van der Waals surface area contributed by atoms with Crippen LogP contribution in [0.2, 0.25) is 0 Å². The van der Waals surface area contributed by atoms with Gasteiger partial charge in [0.05, 0.1) is 11.0 Å². The molecular formula is C37H34N2O4S. The molecule has 0 bridgehead atoms. The number of nitrogens with zero attached hydrogens (tertiary/aromatic N) is 1. The first kappa shape index (κ1) is 29.4. The predicted octanol–water partition coefficient (Wildman–Crippen LogP) is 9.17. The zero-order valence-electron chi connectivity index (χ0n) is 25.2. The van der Waals surface area contributed by atoms with E-state index >= 15 is 0 Å². The van der Waals surface area contributed by atoms with E-state index in [0.717, 1.165) is 51.8 Å². The number of aryl methyl sites for hydroxylation is 4. The highest BCUT2D eigenvalue weighted by Crippen LogP contribution is 2.43. The molecule has 6 rings (SSSR count). The molecule has 0 spiro atoms. The fraction of sp³-hybridized carbons (Fsp3) is 0.162. The Labute approximate surface area is 257 Å². The van der Waals surface area contributed by atoms with E-state index in [-0.39, 0.29) is 4.90 Å². The first-order valence-electron chi connectivity index (χ1n) is 14.7. The third-order valence-corrected chi connectivity index (χ3v) is 9.01. The predicted molar refractivity (Wildman–Crippen MR) is 178 cm³/mol. The lowest BCUT2D eigenvalue weighted by Crippen LogP contribution is -2.05. The molecule has 4 aromatic carbocycles. The summed E-state index contributed by atoms with van der Waals surface area (Å²) in [6.45, 7) is 8.37. The molecule has 7 heteroatoms. The highest BCUT2D eigenvalue weighted by atomic mass is 32.2. The van der Waals surface area contributed by atoms with Gasteiger partial charge >= 0.3 is 0 Å². The van der Waals surface area contributed by atoms with Gasteiger partial charge in [-0.25, -0.2) is 4.99 Å². The normalized spacial score (nSPS) is 12.2. The van der Waals surface area contributed by atoms with E-state index in [1.54, 1.807) is 18.2 Å². The second-order valence-corrected chi connectivity index (χ2v) is 12.4. The standard InChI is InChI=1S/C37H34N2O4S/c1-5-25-13-10-14-26(6-2)37(25)39-28-18-20-30-33(22-28)43-32-21-27(38-36-23(3)11-9-12-24(36)4)17-19-29(32)35(30)31-15-7-8-16-34(31)44(40,41)42/h7-22,38H,5-6H2,1-4H3,(H,40,41,42)/b39-28-. The zero-order chi connectivity index (χ0) is 31.0. The minimum Gasteiger partial charge on any atom is -0.456 e. The SMILES string of the molecule is CCc1cccc(CC)c1/N=c1/ccc2c(-c3ccccc3S(=O)(=O)O)c3ccc(Nc4c(C)cccc4C)cc3oc-2c1. The Morgan fingerprint density at radius 1 is 0.773 bits per heavy atom. The summed E-state index contributed by atoms with van der Waals surface area (Å²) in [5.41, 5.74) is 9.72. The van der Waals surface area contributed by atoms with Crippen molar-refractivity contribution in [1.82, 2.24) is 0 Å². The molecule has 0 atom stereocenters. The average molecular weight is 603 g/mol. The molecule has 1 aliphatic heterocycles. The zero-order valence-corrected chi connectivity index (χ0v) is 26.0. The second-order valence-electron chi connectivity index (χ2n) is 11.0. The third kappa shape index (κ3) is 5.52. The number of benzene rings is 5. The maximum absolute atomic E-state index is 12.5. The molecule has 0 fully saturated rings. The Balaban J connectivity index is 1.63. The lowest BCUT2D eigenvalue weighted by molar-refractivity contribution is 0.483. The quantitative estimate of drug-likeness (QED) is 0.140. The van der Waals surface area contributed by atoms with Crippen molar-refractivity contribution in [2.75, 3.05) is 5.32 Å². The molecule has 2 aliphatic rings. The molecule has 6 nitrogen and oxygen atoms in total. The Morgan fingerprint density at radius 2 is 1.45 bits per heavy atom. The summed E-state index contributed by atoms with van der Waals surface area (Å²) in [5.74, 6) is 0.551. The average Bonchev–Trinajstić information content (AvgIpc) is 3.01. The van der Waals surface area contributed by atoms with Crippen LogP contribution in [-0.2, 0) is 23.0 Å². The Bertz CT molecular complexity index is 2140. The van der Waals surface area contributed by atoms with Crippen molar-refractivity contribution < 1.29 is 17.4 Å². The van der Waals surface area contributed by atoms with Crippen molar-refractivity contribution in [3.8, 4) is 22.5 Å². The van der Waals surface area contributed by atoms with Crippen molar-refractivity contribution in [2.24, 2.45) is 4.99 Å². The van der Waals surface area contributed by atoms with Crippen LogP contribution in [0.5, 0.6) is 0 Å². The smallest absolute Gasteiger partial charge is 0.295 e. The number of rotatable bonds is 7. The van der Waals surface area contributed by atoms with E-state index in [2.05, 4.69) is 63.3 Å². The summed E-state index contributed by atoms with van der Waals surface area (Å²) in [7, 11) is -4.50. The molecule has 4 aromatic rings. The van der Waals surface area contributed by atoms with Gasteiger partial charge in [0.25, 0.3) is 10.1 Å². The van der Waals surface area contributed by atoms with E-state index in [0.29, 0.717) is 28.0 Å². The van der Waals surface area contributed by atoms with Crippen LogP contribution in [0, 0.1) is 13.8 Å². The van der Waals surface area contributed by atoms with Gasteiger partial charge in [-0.15, -0.1) is 0 Å². The second kappa shape index (κ2) is 11.8. The van der Waals surface area contributed by atoms with Crippen LogP contribution in [0.1, 0.15) is 36.1 Å². The fourth-order valence-corrected chi connectivity index (χ4v) is 6.56. The highest BCUT2D eigenvalue weighted by molar-refractivity contribution is 7.86. The van der Waals surface area contributed by atoms with Crippen LogP contribution in [0.3, 0.4) is 0 Å². The summed E-state index contributed by atoms with van der Waals surface area (Å²) >= 11 is 0. The minimum atomic E-state index is -4.50. The molecule has 0 saturated carbocycles. The molecule has 2 N–H and O–H groups in total. The van der Waals surface area contributed by atoms with Crippen molar-refractivity contribution in [2.45, 2.75) is 45.4 Å². The number of anilines is 2. The maximum Gasteiger partial charge on any atom is 0.295 e. The van der Waals surface area contributed by atoms with Gasteiger partial charge in [0.15, 0.2) is 0 Å². The number of hydrogen-bond acceptors (Lipinski definition) is 5. The molecule has 0 aromatic heterocycles. The van der Waals surface area contributed by atoms with Crippen molar-refractivity contribution in [3.05, 3.63) is 125 Å². The van der Waals surface area contributed by atoms with E-state index in [9.17, 15) is 13.0 Å². The molecule has 0 unspecified atom stereocenters. The molecule has 0 radical (unpaired) electrons. The van der Waals surface area contributed by atoms with Crippen LogP contribution < -0.4 is 10.7 Å². The van der Waals surface area contributed by atoms with Crippen LogP contribution in [-0.4, -0.2) is 13.0 Å². The first-order chi connectivity index (χ1) is 21.2. The van der Waals surface area contributed by atoms with E-state index in [1.807, 2.05) is 42.5 Å².